The predicted octanol–water partition coefficient (Wildman–Crippen LogP) is 2.55. The first kappa shape index (κ1) is 19.2. The summed E-state index contributed by atoms with van der Waals surface area (Å²) in [5.74, 6) is -1.54. The number of benzene rings is 1. The first-order valence-corrected chi connectivity index (χ1v) is 9.80. The van der Waals surface area contributed by atoms with Crippen LogP contribution < -0.4 is 20.1 Å². The van der Waals surface area contributed by atoms with E-state index in [1.54, 1.807) is 10.6 Å². The summed E-state index contributed by atoms with van der Waals surface area (Å²) in [6.07, 6.45) is 1.26. The summed E-state index contributed by atoms with van der Waals surface area (Å²) in [5.41, 5.74) is -1.03. The predicted molar refractivity (Wildman–Crippen MR) is 99.5 cm³/mol. The van der Waals surface area contributed by atoms with Crippen molar-refractivity contribution in [1.29, 1.82) is 0 Å². The molecular weight excluding hydrogens is 403 g/mol. The zero-order valence-corrected chi connectivity index (χ0v) is 16.1. The van der Waals surface area contributed by atoms with Crippen molar-refractivity contribution < 1.29 is 27.4 Å². The number of anilines is 1. The van der Waals surface area contributed by atoms with Gasteiger partial charge in [0.1, 0.15) is 24.8 Å². The van der Waals surface area contributed by atoms with E-state index in [0.717, 1.165) is 12.1 Å². The molecule has 7 nitrogen and oxygen atoms in total. The van der Waals surface area contributed by atoms with Crippen LogP contribution in [0.1, 0.15) is 24.8 Å². The number of halogens is 3. The molecule has 2 aliphatic heterocycles. The van der Waals surface area contributed by atoms with Crippen LogP contribution >= 0.6 is 0 Å². The molecule has 0 bridgehead atoms. The van der Waals surface area contributed by atoms with Gasteiger partial charge in [-0.2, -0.15) is 4.98 Å². The second-order valence-corrected chi connectivity index (χ2v) is 7.87. The molecule has 1 saturated carbocycles. The van der Waals surface area contributed by atoms with Gasteiger partial charge in [-0.15, -0.1) is 0 Å². The number of hydrogen-bond donors (Lipinski definition) is 0. The number of nitrogens with zero attached hydrogens (tertiary/aromatic N) is 3. The molecule has 0 unspecified atom stereocenters. The molecule has 0 amide bonds. The third-order valence-electron chi connectivity index (χ3n) is 5.76. The third kappa shape index (κ3) is 3.38. The molecule has 30 heavy (non-hydrogen) atoms. The zero-order valence-electron chi connectivity index (χ0n) is 16.1. The average Bonchev–Trinajstić information content (AvgIpc) is 3.15. The van der Waals surface area contributed by atoms with Crippen LogP contribution in [0.4, 0.5) is 19.0 Å². The zero-order chi connectivity index (χ0) is 20.9. The van der Waals surface area contributed by atoms with Gasteiger partial charge >= 0.3 is 5.69 Å². The van der Waals surface area contributed by atoms with Crippen LogP contribution in [0.3, 0.4) is 0 Å². The van der Waals surface area contributed by atoms with Crippen LogP contribution in [0.2, 0.25) is 0 Å². The minimum Gasteiger partial charge on any atom is -0.481 e. The molecule has 1 atom stereocenters. The van der Waals surface area contributed by atoms with E-state index in [0.29, 0.717) is 38.5 Å². The number of ether oxygens (including phenoxy) is 3. The summed E-state index contributed by atoms with van der Waals surface area (Å²) in [7, 11) is 0. The molecule has 3 heterocycles. The molecule has 10 heteroatoms. The topological polar surface area (TPSA) is 65.8 Å². The van der Waals surface area contributed by atoms with Crippen molar-refractivity contribution >= 4 is 5.82 Å². The Kier molecular flexibility index (Phi) is 4.61. The molecule has 160 valence electrons. The maximum absolute atomic E-state index is 14.4. The van der Waals surface area contributed by atoms with E-state index in [1.807, 2.05) is 4.90 Å². The van der Waals surface area contributed by atoms with E-state index in [4.69, 9.17) is 14.2 Å². The summed E-state index contributed by atoms with van der Waals surface area (Å²) in [4.78, 5) is 18.1. The van der Waals surface area contributed by atoms with Gasteiger partial charge in [0.15, 0.2) is 17.4 Å². The summed E-state index contributed by atoms with van der Waals surface area (Å²) in [5, 5.41) is 0. The molecule has 0 spiro atoms. The first-order chi connectivity index (χ1) is 14.5. The fourth-order valence-corrected chi connectivity index (χ4v) is 3.94. The molecule has 0 N–H and O–H groups in total. The van der Waals surface area contributed by atoms with Crippen molar-refractivity contribution in [3.63, 3.8) is 0 Å². The number of hydrogen-bond acceptors (Lipinski definition) is 6. The summed E-state index contributed by atoms with van der Waals surface area (Å²) in [6, 6.07) is 3.93. The highest BCUT2D eigenvalue weighted by molar-refractivity contribution is 5.47. The molecule has 3 aliphatic rings. The monoisotopic (exact) mass is 423 g/mol. The Labute approximate surface area is 170 Å². The van der Waals surface area contributed by atoms with Gasteiger partial charge in [0.05, 0.1) is 25.9 Å². The Balaban J connectivity index is 1.31. The lowest BCUT2D eigenvalue weighted by Crippen LogP contribution is -2.26. The van der Waals surface area contributed by atoms with Crippen molar-refractivity contribution in [2.75, 3.05) is 24.9 Å². The Morgan fingerprint density at radius 2 is 2.00 bits per heavy atom. The van der Waals surface area contributed by atoms with Crippen molar-refractivity contribution in [2.24, 2.45) is 0 Å². The van der Waals surface area contributed by atoms with Gasteiger partial charge in [-0.05, 0) is 30.5 Å². The van der Waals surface area contributed by atoms with E-state index >= 15 is 0 Å². The average molecular weight is 423 g/mol. The maximum atomic E-state index is 14.4. The summed E-state index contributed by atoms with van der Waals surface area (Å²) >= 11 is 0. The highest BCUT2D eigenvalue weighted by Gasteiger charge is 2.46. The van der Waals surface area contributed by atoms with Gasteiger partial charge in [0.2, 0.25) is 5.88 Å². The second-order valence-electron chi connectivity index (χ2n) is 7.87. The smallest absolute Gasteiger partial charge is 0.352 e. The molecule has 5 rings (SSSR count). The highest BCUT2D eigenvalue weighted by atomic mass is 19.1. The minimum absolute atomic E-state index is 0.0693. The first-order valence-electron chi connectivity index (χ1n) is 9.80. The Hall–Kier alpha value is -2.75. The van der Waals surface area contributed by atoms with Gasteiger partial charge in [-0.25, -0.2) is 13.6 Å². The lowest BCUT2D eigenvalue weighted by atomic mass is 10.2. The Bertz CT molecular complexity index is 1020. The van der Waals surface area contributed by atoms with Gasteiger partial charge in [0.25, 0.3) is 0 Å². The number of rotatable bonds is 7. The molecule has 1 aliphatic carbocycles. The molecule has 1 aromatic heterocycles. The normalized spacial score (nSPS) is 20.8. The second kappa shape index (κ2) is 7.19. The van der Waals surface area contributed by atoms with Crippen molar-refractivity contribution in [2.45, 2.75) is 44.1 Å². The summed E-state index contributed by atoms with van der Waals surface area (Å²) < 4.78 is 59.4. The highest BCUT2D eigenvalue weighted by Crippen LogP contribution is 2.44. The van der Waals surface area contributed by atoms with Gasteiger partial charge in [-0.3, -0.25) is 8.96 Å². The molecule has 0 radical (unpaired) electrons. The molecule has 1 saturated heterocycles. The van der Waals surface area contributed by atoms with E-state index in [2.05, 4.69) is 4.98 Å². The third-order valence-corrected chi connectivity index (χ3v) is 5.76. The van der Waals surface area contributed by atoms with E-state index in [1.165, 1.54) is 0 Å². The Morgan fingerprint density at radius 1 is 1.23 bits per heavy atom. The van der Waals surface area contributed by atoms with Crippen LogP contribution in [0.5, 0.6) is 11.6 Å². The quantitative estimate of drug-likeness (QED) is 0.682. The molecule has 2 fully saturated rings. The largest absolute Gasteiger partial charge is 0.481 e. The fraction of sp³-hybridized carbons (Fsp3) is 0.500. The SMILES string of the molecule is O=c1nc(OCc2cc(F)c(OC3(CCF)CC3)c(F)c2)cc2n1C[C@H]1COCN21. The maximum Gasteiger partial charge on any atom is 0.352 e. The standard InChI is InChI=1S/C20H20F3N3O4/c21-4-3-20(1-2-20)30-18-14(22)5-12(6-15(18)23)9-29-16-7-17-25(19(27)24-16)8-13-10-28-11-26(13)17/h5-7,13H,1-4,8-11H2/t13-/m0/s1. The minimum atomic E-state index is -0.877. The van der Waals surface area contributed by atoms with Crippen molar-refractivity contribution in [3.8, 4) is 11.6 Å². The Morgan fingerprint density at radius 3 is 2.70 bits per heavy atom. The van der Waals surface area contributed by atoms with Crippen LogP contribution in [-0.2, 0) is 17.9 Å². The number of fused-ring (bicyclic) bond motifs is 3. The fourth-order valence-electron chi connectivity index (χ4n) is 3.94. The number of alkyl halides is 1. The van der Waals surface area contributed by atoms with Crippen LogP contribution in [0.25, 0.3) is 0 Å². The lowest BCUT2D eigenvalue weighted by molar-refractivity contribution is 0.142. The molecule has 2 aromatic rings. The van der Waals surface area contributed by atoms with E-state index in [9.17, 15) is 18.0 Å². The van der Waals surface area contributed by atoms with Crippen LogP contribution in [0, 0.1) is 11.6 Å². The van der Waals surface area contributed by atoms with Gasteiger partial charge in [-0.1, -0.05) is 0 Å². The molecule has 1 aromatic carbocycles. The van der Waals surface area contributed by atoms with Gasteiger partial charge < -0.3 is 19.1 Å². The van der Waals surface area contributed by atoms with E-state index < -0.39 is 35.3 Å². The van der Waals surface area contributed by atoms with Crippen molar-refractivity contribution in [3.05, 3.63) is 45.9 Å². The van der Waals surface area contributed by atoms with Crippen molar-refractivity contribution in [1.82, 2.24) is 9.55 Å². The van der Waals surface area contributed by atoms with Gasteiger partial charge in [0, 0.05) is 12.5 Å². The molecular formula is C20H20F3N3O4. The number of aromatic nitrogens is 2. The van der Waals surface area contributed by atoms with Crippen LogP contribution in [0.15, 0.2) is 23.0 Å². The van der Waals surface area contributed by atoms with E-state index in [-0.39, 0.29) is 30.5 Å². The van der Waals surface area contributed by atoms with Crippen LogP contribution in [-0.4, -0.2) is 41.2 Å². The lowest BCUT2D eigenvalue weighted by Gasteiger charge is -2.18. The summed E-state index contributed by atoms with van der Waals surface area (Å²) in [6.45, 7) is 0.641.